The normalized spacial score (nSPS) is 12.1. The molecule has 2 rings (SSSR count). The van der Waals surface area contributed by atoms with Gasteiger partial charge in [-0.25, -0.2) is 0 Å². The zero-order valence-electron chi connectivity index (χ0n) is 12.3. The second kappa shape index (κ2) is 5.97. The summed E-state index contributed by atoms with van der Waals surface area (Å²) in [6.07, 6.45) is -0.777. The van der Waals surface area contributed by atoms with Crippen molar-refractivity contribution in [3.05, 3.63) is 58.7 Å². The predicted molar refractivity (Wildman–Crippen MR) is 79.5 cm³/mol. The van der Waals surface area contributed by atoms with E-state index < -0.39 is 6.10 Å². The van der Waals surface area contributed by atoms with Crippen LogP contribution in [0.5, 0.6) is 11.5 Å². The maximum absolute atomic E-state index is 10.8. The number of aliphatic hydroxyl groups excluding tert-OH is 1. The van der Waals surface area contributed by atoms with Crippen molar-refractivity contribution in [2.75, 3.05) is 14.2 Å². The Morgan fingerprint density at radius 3 is 2.10 bits per heavy atom. The quantitative estimate of drug-likeness (QED) is 0.927. The summed E-state index contributed by atoms with van der Waals surface area (Å²) in [6, 6.07) is 11.5. The lowest BCUT2D eigenvalue weighted by molar-refractivity contribution is 0.208. The van der Waals surface area contributed by atoms with Gasteiger partial charge in [0.15, 0.2) is 0 Å². The number of hydrogen-bond acceptors (Lipinski definition) is 3. The van der Waals surface area contributed by atoms with Crippen LogP contribution in [0.1, 0.15) is 28.4 Å². The van der Waals surface area contributed by atoms with Crippen molar-refractivity contribution < 1.29 is 14.6 Å². The van der Waals surface area contributed by atoms with Crippen LogP contribution in [0, 0.1) is 13.8 Å². The molecule has 0 aliphatic rings. The molecule has 0 radical (unpaired) electrons. The van der Waals surface area contributed by atoms with Crippen molar-refractivity contribution in [2.24, 2.45) is 0 Å². The van der Waals surface area contributed by atoms with Gasteiger partial charge in [0.25, 0.3) is 0 Å². The summed E-state index contributed by atoms with van der Waals surface area (Å²) in [4.78, 5) is 0. The Morgan fingerprint density at radius 2 is 1.55 bits per heavy atom. The number of methoxy groups -OCH3 is 2. The molecule has 0 spiro atoms. The highest BCUT2D eigenvalue weighted by molar-refractivity contribution is 5.51. The molecule has 0 saturated carbocycles. The summed E-state index contributed by atoms with van der Waals surface area (Å²) >= 11 is 0. The molecule has 1 unspecified atom stereocenters. The summed E-state index contributed by atoms with van der Waals surface area (Å²) < 4.78 is 10.7. The lowest BCUT2D eigenvalue weighted by Gasteiger charge is -2.20. The molecule has 106 valence electrons. The van der Waals surface area contributed by atoms with Crippen LogP contribution >= 0.6 is 0 Å². The van der Waals surface area contributed by atoms with Gasteiger partial charge in [0, 0.05) is 0 Å². The van der Waals surface area contributed by atoms with Crippen LogP contribution in [0.25, 0.3) is 0 Å². The van der Waals surface area contributed by atoms with Crippen molar-refractivity contribution in [3.63, 3.8) is 0 Å². The molecule has 0 fully saturated rings. The number of aryl methyl sites for hydroxylation is 2. The van der Waals surface area contributed by atoms with Gasteiger partial charge in [-0.1, -0.05) is 29.8 Å². The first kappa shape index (κ1) is 14.4. The highest BCUT2D eigenvalue weighted by Crippen LogP contribution is 2.38. The van der Waals surface area contributed by atoms with Gasteiger partial charge in [-0.3, -0.25) is 0 Å². The van der Waals surface area contributed by atoms with Gasteiger partial charge in [0.1, 0.15) is 17.6 Å². The van der Waals surface area contributed by atoms with Crippen LogP contribution in [0.2, 0.25) is 0 Å². The third-order valence-electron chi connectivity index (χ3n) is 3.47. The Bertz CT molecular complexity index is 583. The van der Waals surface area contributed by atoms with E-state index in [4.69, 9.17) is 9.47 Å². The van der Waals surface area contributed by atoms with Crippen molar-refractivity contribution in [2.45, 2.75) is 20.0 Å². The smallest absolute Gasteiger partial charge is 0.128 e. The maximum Gasteiger partial charge on any atom is 0.128 e. The molecule has 0 aromatic heterocycles. The van der Waals surface area contributed by atoms with Crippen LogP contribution in [-0.4, -0.2) is 19.3 Å². The second-order valence-electron chi connectivity index (χ2n) is 4.84. The Kier molecular flexibility index (Phi) is 4.30. The van der Waals surface area contributed by atoms with Gasteiger partial charge in [-0.15, -0.1) is 0 Å². The number of ether oxygens (including phenoxy) is 2. The molecule has 0 aliphatic carbocycles. The Labute approximate surface area is 119 Å². The van der Waals surface area contributed by atoms with Crippen molar-refractivity contribution in [1.29, 1.82) is 0 Å². The first-order chi connectivity index (χ1) is 9.58. The van der Waals surface area contributed by atoms with E-state index in [-0.39, 0.29) is 0 Å². The molecule has 2 aromatic carbocycles. The number of rotatable bonds is 4. The maximum atomic E-state index is 10.8. The molecule has 3 nitrogen and oxygen atoms in total. The van der Waals surface area contributed by atoms with E-state index in [2.05, 4.69) is 0 Å². The summed E-state index contributed by atoms with van der Waals surface area (Å²) in [5.41, 5.74) is 3.67. The molecule has 0 bridgehead atoms. The van der Waals surface area contributed by atoms with Crippen molar-refractivity contribution in [3.8, 4) is 11.5 Å². The van der Waals surface area contributed by atoms with Gasteiger partial charge >= 0.3 is 0 Å². The van der Waals surface area contributed by atoms with Gasteiger partial charge < -0.3 is 14.6 Å². The largest absolute Gasteiger partial charge is 0.496 e. The average Bonchev–Trinajstić information content (AvgIpc) is 2.48. The zero-order chi connectivity index (χ0) is 14.7. The van der Waals surface area contributed by atoms with E-state index in [1.807, 2.05) is 50.2 Å². The van der Waals surface area contributed by atoms with Crippen molar-refractivity contribution in [1.82, 2.24) is 0 Å². The molecule has 2 aromatic rings. The Morgan fingerprint density at radius 1 is 0.950 bits per heavy atom. The summed E-state index contributed by atoms with van der Waals surface area (Å²) in [7, 11) is 3.18. The number of hydrogen-bond donors (Lipinski definition) is 1. The average molecular weight is 272 g/mol. The molecule has 3 heteroatoms. The van der Waals surface area contributed by atoms with E-state index in [1.165, 1.54) is 0 Å². The molecule has 1 N–H and O–H groups in total. The van der Waals surface area contributed by atoms with E-state index >= 15 is 0 Å². The fourth-order valence-electron chi connectivity index (χ4n) is 2.36. The topological polar surface area (TPSA) is 38.7 Å². The molecular weight excluding hydrogens is 252 g/mol. The van der Waals surface area contributed by atoms with Crippen LogP contribution in [0.3, 0.4) is 0 Å². The molecule has 0 amide bonds. The summed E-state index contributed by atoms with van der Waals surface area (Å²) in [5.74, 6) is 1.25. The zero-order valence-corrected chi connectivity index (χ0v) is 12.3. The van der Waals surface area contributed by atoms with Crippen LogP contribution in [0.15, 0.2) is 36.4 Å². The van der Waals surface area contributed by atoms with Crippen molar-refractivity contribution >= 4 is 0 Å². The lowest BCUT2D eigenvalue weighted by atomic mass is 9.94. The fourth-order valence-corrected chi connectivity index (χ4v) is 2.36. The minimum atomic E-state index is -0.777. The highest BCUT2D eigenvalue weighted by Gasteiger charge is 2.21. The SMILES string of the molecule is COc1cccc(OC)c1C(O)c1cc(C)ccc1C. The molecule has 0 aliphatic heterocycles. The standard InChI is InChI=1S/C17H20O3/c1-11-8-9-12(2)13(10-11)17(18)16-14(19-3)6-5-7-15(16)20-4/h5-10,17-18H,1-4H3. The van der Waals surface area contributed by atoms with Gasteiger partial charge in [0.2, 0.25) is 0 Å². The van der Waals surface area contributed by atoms with Gasteiger partial charge in [-0.05, 0) is 37.1 Å². The Balaban J connectivity index is 2.58. The minimum Gasteiger partial charge on any atom is -0.496 e. The minimum absolute atomic E-state index is 0.623. The highest BCUT2D eigenvalue weighted by atomic mass is 16.5. The van der Waals surface area contributed by atoms with E-state index in [1.54, 1.807) is 14.2 Å². The van der Waals surface area contributed by atoms with Crippen LogP contribution in [0.4, 0.5) is 0 Å². The second-order valence-corrected chi connectivity index (χ2v) is 4.84. The van der Waals surface area contributed by atoms with E-state index in [0.29, 0.717) is 17.1 Å². The number of benzene rings is 2. The van der Waals surface area contributed by atoms with Crippen LogP contribution < -0.4 is 9.47 Å². The summed E-state index contributed by atoms with van der Waals surface area (Å²) in [6.45, 7) is 4.00. The summed E-state index contributed by atoms with van der Waals surface area (Å²) in [5, 5.41) is 10.8. The monoisotopic (exact) mass is 272 g/mol. The molecule has 0 saturated heterocycles. The van der Waals surface area contributed by atoms with Crippen LogP contribution in [-0.2, 0) is 0 Å². The third kappa shape index (κ3) is 2.63. The molecular formula is C17H20O3. The molecule has 1 atom stereocenters. The third-order valence-corrected chi connectivity index (χ3v) is 3.47. The molecule has 20 heavy (non-hydrogen) atoms. The first-order valence-electron chi connectivity index (χ1n) is 6.54. The molecule has 0 heterocycles. The van der Waals surface area contributed by atoms with Gasteiger partial charge in [-0.2, -0.15) is 0 Å². The fraction of sp³-hybridized carbons (Fsp3) is 0.294. The Hall–Kier alpha value is -2.00. The lowest BCUT2D eigenvalue weighted by Crippen LogP contribution is -2.07. The number of aliphatic hydroxyl groups is 1. The predicted octanol–water partition coefficient (Wildman–Crippen LogP) is 3.40. The first-order valence-corrected chi connectivity index (χ1v) is 6.54. The van der Waals surface area contributed by atoms with E-state index in [9.17, 15) is 5.11 Å². The van der Waals surface area contributed by atoms with E-state index in [0.717, 1.165) is 16.7 Å². The van der Waals surface area contributed by atoms with Gasteiger partial charge in [0.05, 0.1) is 19.8 Å².